The summed E-state index contributed by atoms with van der Waals surface area (Å²) in [5.74, 6) is -0.156. The predicted octanol–water partition coefficient (Wildman–Crippen LogP) is 2.68. The number of nitrogens with one attached hydrogen (secondary N) is 1. The quantitative estimate of drug-likeness (QED) is 0.605. The highest BCUT2D eigenvalue weighted by atomic mass is 16.5. The van der Waals surface area contributed by atoms with Gasteiger partial charge in [0.15, 0.2) is 11.5 Å². The first-order chi connectivity index (χ1) is 16.5. The van der Waals surface area contributed by atoms with Gasteiger partial charge in [-0.3, -0.25) is 9.59 Å². The van der Waals surface area contributed by atoms with Crippen LogP contribution in [0.15, 0.2) is 54.6 Å². The highest BCUT2D eigenvalue weighted by molar-refractivity contribution is 5.99. The fourth-order valence-electron chi connectivity index (χ4n) is 5.35. The molecule has 8 heteroatoms. The Labute approximate surface area is 198 Å². The van der Waals surface area contributed by atoms with Crippen LogP contribution in [0.25, 0.3) is 0 Å². The molecule has 0 saturated carbocycles. The standard InChI is InChI=1S/C26H28N2O6/c1-31-19-13-17(14-20(32-2)23(19)33-3)27-24(29)21-18-9-11-26(34-18)15-28(25(30)22(21)26)12-10-16-7-5-4-6-8-16/h4-9,11,13-14,18,21-22H,10,12,15H2,1-3H3,(H,27,29)/t18-,21-,22+,26+/m1/s1. The molecule has 3 heterocycles. The summed E-state index contributed by atoms with van der Waals surface area (Å²) < 4.78 is 22.4. The predicted molar refractivity (Wildman–Crippen MR) is 125 cm³/mol. The number of likely N-dealkylation sites (tertiary alicyclic amines) is 1. The van der Waals surface area contributed by atoms with E-state index in [0.29, 0.717) is 36.0 Å². The van der Waals surface area contributed by atoms with Crippen LogP contribution in [0.5, 0.6) is 17.2 Å². The molecule has 0 aromatic heterocycles. The van der Waals surface area contributed by atoms with E-state index in [1.165, 1.54) is 26.9 Å². The van der Waals surface area contributed by atoms with Gasteiger partial charge in [-0.15, -0.1) is 0 Å². The van der Waals surface area contributed by atoms with E-state index in [1.807, 2.05) is 35.3 Å². The third kappa shape index (κ3) is 3.58. The summed E-state index contributed by atoms with van der Waals surface area (Å²) in [6.45, 7) is 1.05. The van der Waals surface area contributed by atoms with Gasteiger partial charge in [0, 0.05) is 24.4 Å². The molecule has 2 fully saturated rings. The number of methoxy groups -OCH3 is 3. The van der Waals surface area contributed by atoms with E-state index in [-0.39, 0.29) is 11.8 Å². The van der Waals surface area contributed by atoms with E-state index >= 15 is 0 Å². The van der Waals surface area contributed by atoms with Gasteiger partial charge in [0.1, 0.15) is 5.60 Å². The van der Waals surface area contributed by atoms with Crippen LogP contribution in [0.1, 0.15) is 5.56 Å². The normalized spacial score (nSPS) is 26.5. The van der Waals surface area contributed by atoms with Crippen LogP contribution in [0.4, 0.5) is 5.69 Å². The second-order valence-corrected chi connectivity index (χ2v) is 8.80. The summed E-state index contributed by atoms with van der Waals surface area (Å²) in [7, 11) is 4.55. The number of benzene rings is 2. The van der Waals surface area contributed by atoms with Crippen LogP contribution in [0.2, 0.25) is 0 Å². The van der Waals surface area contributed by atoms with E-state index < -0.39 is 23.5 Å². The van der Waals surface area contributed by atoms with Crippen LogP contribution in [-0.2, 0) is 20.7 Å². The molecule has 2 saturated heterocycles. The highest BCUT2D eigenvalue weighted by Crippen LogP contribution is 2.52. The first-order valence-electron chi connectivity index (χ1n) is 11.3. The van der Waals surface area contributed by atoms with Crippen molar-refractivity contribution in [3.05, 3.63) is 60.2 Å². The first-order valence-corrected chi connectivity index (χ1v) is 11.3. The van der Waals surface area contributed by atoms with Crippen LogP contribution in [-0.4, -0.2) is 62.8 Å². The van der Waals surface area contributed by atoms with Crippen LogP contribution < -0.4 is 19.5 Å². The molecule has 5 rings (SSSR count). The SMILES string of the molecule is COc1cc(NC(=O)[C@H]2[C@H]3C(=O)N(CCc4ccccc4)C[C@@]34C=C[C@H]2O4)cc(OC)c1OC. The average Bonchev–Trinajstić information content (AvgIpc) is 3.50. The zero-order valence-electron chi connectivity index (χ0n) is 19.4. The Balaban J connectivity index is 1.34. The third-order valence-electron chi connectivity index (χ3n) is 6.93. The van der Waals surface area contributed by atoms with Crippen molar-refractivity contribution in [2.24, 2.45) is 11.8 Å². The smallest absolute Gasteiger partial charge is 0.231 e. The minimum Gasteiger partial charge on any atom is -0.493 e. The van der Waals surface area contributed by atoms with E-state index in [0.717, 1.165) is 6.42 Å². The molecule has 3 aliphatic heterocycles. The molecule has 34 heavy (non-hydrogen) atoms. The summed E-state index contributed by atoms with van der Waals surface area (Å²) in [6, 6.07) is 13.4. The number of hydrogen-bond acceptors (Lipinski definition) is 6. The molecule has 3 aliphatic rings. The zero-order valence-corrected chi connectivity index (χ0v) is 19.4. The fraction of sp³-hybridized carbons (Fsp3) is 0.385. The molecule has 1 spiro atoms. The van der Waals surface area contributed by atoms with E-state index in [4.69, 9.17) is 18.9 Å². The van der Waals surface area contributed by atoms with Crippen molar-refractivity contribution >= 4 is 17.5 Å². The lowest BCUT2D eigenvalue weighted by atomic mass is 9.77. The van der Waals surface area contributed by atoms with Crippen molar-refractivity contribution in [2.45, 2.75) is 18.1 Å². The summed E-state index contributed by atoms with van der Waals surface area (Å²) in [6.07, 6.45) is 4.20. The number of rotatable bonds is 8. The molecule has 0 unspecified atom stereocenters. The maximum Gasteiger partial charge on any atom is 0.231 e. The molecule has 2 bridgehead atoms. The summed E-state index contributed by atoms with van der Waals surface area (Å²) >= 11 is 0. The van der Waals surface area contributed by atoms with Gasteiger partial charge in [0.25, 0.3) is 0 Å². The van der Waals surface area contributed by atoms with Gasteiger partial charge in [0.05, 0.1) is 45.8 Å². The summed E-state index contributed by atoms with van der Waals surface area (Å²) in [4.78, 5) is 28.7. The molecule has 2 aromatic carbocycles. The lowest BCUT2D eigenvalue weighted by molar-refractivity contribution is -0.135. The number of fused-ring (bicyclic) bond motifs is 1. The molecule has 8 nitrogen and oxygen atoms in total. The monoisotopic (exact) mass is 464 g/mol. The van der Waals surface area contributed by atoms with Crippen LogP contribution >= 0.6 is 0 Å². The number of hydrogen-bond donors (Lipinski definition) is 1. The third-order valence-corrected chi connectivity index (χ3v) is 6.93. The molecule has 4 atom stereocenters. The van der Waals surface area contributed by atoms with Crippen molar-refractivity contribution in [1.82, 2.24) is 4.90 Å². The van der Waals surface area contributed by atoms with Crippen LogP contribution in [0, 0.1) is 11.8 Å². The number of amides is 2. The van der Waals surface area contributed by atoms with Crippen LogP contribution in [0.3, 0.4) is 0 Å². The molecular formula is C26H28N2O6. The van der Waals surface area contributed by atoms with Gasteiger partial charge >= 0.3 is 0 Å². The number of carbonyl (C=O) groups is 2. The Kier molecular flexibility index (Phi) is 5.69. The molecule has 0 aliphatic carbocycles. The fourth-order valence-corrected chi connectivity index (χ4v) is 5.35. The summed E-state index contributed by atoms with van der Waals surface area (Å²) in [5, 5.41) is 2.93. The zero-order chi connectivity index (χ0) is 23.9. The Morgan fingerprint density at radius 1 is 1.12 bits per heavy atom. The Bertz CT molecular complexity index is 1110. The van der Waals surface area contributed by atoms with Crippen molar-refractivity contribution in [3.63, 3.8) is 0 Å². The Hall–Kier alpha value is -3.52. The van der Waals surface area contributed by atoms with Crippen molar-refractivity contribution in [1.29, 1.82) is 0 Å². The van der Waals surface area contributed by atoms with Crippen molar-refractivity contribution < 1.29 is 28.5 Å². The molecule has 178 valence electrons. The second kappa shape index (κ2) is 8.68. The average molecular weight is 465 g/mol. The maximum absolute atomic E-state index is 13.4. The lowest BCUT2D eigenvalue weighted by Crippen LogP contribution is -2.41. The second-order valence-electron chi connectivity index (χ2n) is 8.80. The first kappa shape index (κ1) is 22.3. The van der Waals surface area contributed by atoms with Gasteiger partial charge in [0.2, 0.25) is 17.6 Å². The minimum atomic E-state index is -0.740. The van der Waals surface area contributed by atoms with E-state index in [9.17, 15) is 9.59 Å². The molecule has 0 radical (unpaired) electrons. The van der Waals surface area contributed by atoms with E-state index in [1.54, 1.807) is 12.1 Å². The maximum atomic E-state index is 13.4. The number of carbonyl (C=O) groups excluding carboxylic acids is 2. The number of anilines is 1. The highest BCUT2D eigenvalue weighted by Gasteiger charge is 2.66. The van der Waals surface area contributed by atoms with Gasteiger partial charge in [-0.2, -0.15) is 0 Å². The van der Waals surface area contributed by atoms with Gasteiger partial charge in [-0.05, 0) is 12.0 Å². The van der Waals surface area contributed by atoms with Gasteiger partial charge < -0.3 is 29.2 Å². The number of ether oxygens (including phenoxy) is 4. The summed E-state index contributed by atoms with van der Waals surface area (Å²) in [5.41, 5.74) is 0.921. The molecule has 1 N–H and O–H groups in total. The van der Waals surface area contributed by atoms with Gasteiger partial charge in [-0.25, -0.2) is 0 Å². The lowest BCUT2D eigenvalue weighted by Gasteiger charge is -2.24. The minimum absolute atomic E-state index is 0.0344. The largest absolute Gasteiger partial charge is 0.493 e. The molecule has 2 aromatic rings. The molecular weight excluding hydrogens is 436 g/mol. The molecule has 2 amide bonds. The van der Waals surface area contributed by atoms with Crippen molar-refractivity contribution in [3.8, 4) is 17.2 Å². The Morgan fingerprint density at radius 2 is 1.82 bits per heavy atom. The topological polar surface area (TPSA) is 86.3 Å². The van der Waals surface area contributed by atoms with Gasteiger partial charge in [-0.1, -0.05) is 42.5 Å². The number of nitrogens with zero attached hydrogens (tertiary/aromatic N) is 1. The van der Waals surface area contributed by atoms with Crippen molar-refractivity contribution in [2.75, 3.05) is 39.7 Å². The van der Waals surface area contributed by atoms with E-state index in [2.05, 4.69) is 17.4 Å². The Morgan fingerprint density at radius 3 is 2.47 bits per heavy atom.